The second kappa shape index (κ2) is 6.50. The van der Waals surface area contributed by atoms with E-state index >= 15 is 0 Å². The monoisotopic (exact) mass is 336 g/mol. The number of hydrogen-bond donors (Lipinski definition) is 2. The van der Waals surface area contributed by atoms with Gasteiger partial charge in [-0.15, -0.1) is 0 Å². The van der Waals surface area contributed by atoms with Crippen LogP contribution in [-0.4, -0.2) is 25.5 Å². The molecular formula is C13H18F2N2O2S2. The number of sulfonamides is 1. The van der Waals surface area contributed by atoms with Crippen molar-refractivity contribution in [1.82, 2.24) is 4.72 Å². The highest BCUT2D eigenvalue weighted by atomic mass is 32.2. The Hall–Kier alpha value is -0.860. The number of nitrogens with one attached hydrogen (secondary N) is 1. The van der Waals surface area contributed by atoms with E-state index in [1.807, 2.05) is 0 Å². The van der Waals surface area contributed by atoms with E-state index in [4.69, 9.17) is 5.73 Å². The van der Waals surface area contributed by atoms with Crippen LogP contribution in [0.3, 0.4) is 0 Å². The fraction of sp³-hybridized carbons (Fsp3) is 0.538. The minimum Gasteiger partial charge on any atom is -0.396 e. The molecule has 2 rings (SSSR count). The minimum absolute atomic E-state index is 0.218. The third-order valence-electron chi connectivity index (χ3n) is 3.45. The minimum atomic E-state index is -4.03. The van der Waals surface area contributed by atoms with E-state index in [0.717, 1.165) is 31.1 Å². The van der Waals surface area contributed by atoms with Crippen LogP contribution in [0.5, 0.6) is 0 Å². The molecule has 3 N–H and O–H groups in total. The standard InChI is InChI=1S/C13H18F2N2O2S2/c1-2-20-9-4-3-8(5-9)17-21(18,19)13-7-12(16)10(14)6-11(13)15/h6-9,17H,2-5,16H2,1H3. The SMILES string of the molecule is CCSC1CCC(NS(=O)(=O)c2cc(N)c(F)cc2F)C1. The molecule has 1 aliphatic rings. The van der Waals surface area contributed by atoms with Crippen molar-refractivity contribution in [2.75, 3.05) is 11.5 Å². The maximum Gasteiger partial charge on any atom is 0.243 e. The van der Waals surface area contributed by atoms with Gasteiger partial charge in [0.15, 0.2) is 0 Å². The Morgan fingerprint density at radius 1 is 1.33 bits per heavy atom. The summed E-state index contributed by atoms with van der Waals surface area (Å²) in [6.07, 6.45) is 2.37. The number of thioether (sulfide) groups is 1. The van der Waals surface area contributed by atoms with E-state index < -0.39 is 26.6 Å². The molecule has 0 radical (unpaired) electrons. The van der Waals surface area contributed by atoms with Crippen LogP contribution >= 0.6 is 11.8 Å². The van der Waals surface area contributed by atoms with Crippen LogP contribution < -0.4 is 10.5 Å². The molecule has 0 heterocycles. The second-order valence-electron chi connectivity index (χ2n) is 5.01. The first kappa shape index (κ1) is 16.5. The molecule has 2 atom stereocenters. The average Bonchev–Trinajstić information content (AvgIpc) is 2.80. The van der Waals surface area contributed by atoms with Crippen LogP contribution in [0.4, 0.5) is 14.5 Å². The van der Waals surface area contributed by atoms with Crippen LogP contribution in [-0.2, 0) is 10.0 Å². The number of nitrogens with two attached hydrogens (primary N) is 1. The molecule has 0 aliphatic heterocycles. The summed E-state index contributed by atoms with van der Waals surface area (Å²) in [7, 11) is -4.03. The summed E-state index contributed by atoms with van der Waals surface area (Å²) in [4.78, 5) is -0.604. The topological polar surface area (TPSA) is 72.2 Å². The second-order valence-corrected chi connectivity index (χ2v) is 8.27. The summed E-state index contributed by atoms with van der Waals surface area (Å²) >= 11 is 1.79. The summed E-state index contributed by atoms with van der Waals surface area (Å²) in [6.45, 7) is 2.05. The van der Waals surface area contributed by atoms with Crippen molar-refractivity contribution >= 4 is 27.5 Å². The van der Waals surface area contributed by atoms with Gasteiger partial charge in [0.05, 0.1) is 5.69 Å². The Morgan fingerprint density at radius 2 is 2.05 bits per heavy atom. The molecule has 0 aromatic heterocycles. The molecule has 1 fully saturated rings. The van der Waals surface area contributed by atoms with Crippen molar-refractivity contribution in [3.8, 4) is 0 Å². The predicted molar refractivity (Wildman–Crippen MR) is 80.7 cm³/mol. The van der Waals surface area contributed by atoms with Gasteiger partial charge in [-0.2, -0.15) is 11.8 Å². The van der Waals surface area contributed by atoms with Crippen LogP contribution in [0.1, 0.15) is 26.2 Å². The molecule has 0 spiro atoms. The van der Waals surface area contributed by atoms with Gasteiger partial charge in [-0.1, -0.05) is 6.92 Å². The van der Waals surface area contributed by atoms with Gasteiger partial charge in [0.2, 0.25) is 10.0 Å². The molecule has 0 saturated heterocycles. The Kier molecular flexibility index (Phi) is 5.11. The quantitative estimate of drug-likeness (QED) is 0.811. The Balaban J connectivity index is 2.14. The smallest absolute Gasteiger partial charge is 0.243 e. The van der Waals surface area contributed by atoms with Gasteiger partial charge in [-0.25, -0.2) is 21.9 Å². The van der Waals surface area contributed by atoms with Gasteiger partial charge in [-0.3, -0.25) is 0 Å². The predicted octanol–water partition coefficient (Wildman–Crippen LogP) is 2.50. The first-order chi connectivity index (χ1) is 9.83. The summed E-state index contributed by atoms with van der Waals surface area (Å²) in [5.74, 6) is -1.12. The van der Waals surface area contributed by atoms with Crippen molar-refractivity contribution in [2.24, 2.45) is 0 Å². The summed E-state index contributed by atoms with van der Waals surface area (Å²) in [6, 6.07) is 1.10. The maximum atomic E-state index is 13.7. The van der Waals surface area contributed by atoms with Crippen molar-refractivity contribution < 1.29 is 17.2 Å². The van der Waals surface area contributed by atoms with E-state index in [2.05, 4.69) is 11.6 Å². The molecule has 0 amide bonds. The Labute approximate surface area is 127 Å². The molecular weight excluding hydrogens is 318 g/mol. The number of hydrogen-bond acceptors (Lipinski definition) is 4. The highest BCUT2D eigenvalue weighted by molar-refractivity contribution is 7.99. The van der Waals surface area contributed by atoms with Gasteiger partial charge in [0.1, 0.15) is 16.5 Å². The lowest BCUT2D eigenvalue weighted by Gasteiger charge is -2.14. The van der Waals surface area contributed by atoms with Gasteiger partial charge in [-0.05, 0) is 31.1 Å². The molecule has 4 nitrogen and oxygen atoms in total. The molecule has 1 saturated carbocycles. The molecule has 2 unspecified atom stereocenters. The molecule has 1 aromatic rings. The first-order valence-electron chi connectivity index (χ1n) is 6.72. The molecule has 1 aliphatic carbocycles. The normalized spacial score (nSPS) is 22.6. The van der Waals surface area contributed by atoms with E-state index in [9.17, 15) is 17.2 Å². The zero-order valence-electron chi connectivity index (χ0n) is 11.6. The average molecular weight is 336 g/mol. The number of rotatable bonds is 5. The molecule has 118 valence electrons. The maximum absolute atomic E-state index is 13.7. The van der Waals surface area contributed by atoms with E-state index in [-0.39, 0.29) is 11.7 Å². The van der Waals surface area contributed by atoms with E-state index in [0.29, 0.717) is 11.3 Å². The first-order valence-corrected chi connectivity index (χ1v) is 9.25. The Morgan fingerprint density at radius 3 is 2.71 bits per heavy atom. The van der Waals surface area contributed by atoms with Crippen LogP contribution in [0.25, 0.3) is 0 Å². The van der Waals surface area contributed by atoms with Gasteiger partial charge in [0.25, 0.3) is 0 Å². The van der Waals surface area contributed by atoms with Crippen molar-refractivity contribution in [3.63, 3.8) is 0 Å². The zero-order valence-corrected chi connectivity index (χ0v) is 13.2. The summed E-state index contributed by atoms with van der Waals surface area (Å²) in [5, 5.41) is 0.422. The lowest BCUT2D eigenvalue weighted by Crippen LogP contribution is -2.33. The zero-order chi connectivity index (χ0) is 15.6. The highest BCUT2D eigenvalue weighted by Crippen LogP contribution is 2.31. The fourth-order valence-electron chi connectivity index (χ4n) is 2.47. The van der Waals surface area contributed by atoms with Crippen LogP contribution in [0, 0.1) is 11.6 Å². The van der Waals surface area contributed by atoms with Crippen molar-refractivity contribution in [3.05, 3.63) is 23.8 Å². The number of halogens is 2. The number of nitrogen functional groups attached to an aromatic ring is 1. The molecule has 8 heteroatoms. The van der Waals surface area contributed by atoms with Gasteiger partial charge >= 0.3 is 0 Å². The van der Waals surface area contributed by atoms with Crippen molar-refractivity contribution in [1.29, 1.82) is 0 Å². The molecule has 0 bridgehead atoms. The van der Waals surface area contributed by atoms with E-state index in [1.165, 1.54) is 0 Å². The molecule has 21 heavy (non-hydrogen) atoms. The van der Waals surface area contributed by atoms with E-state index in [1.54, 1.807) is 11.8 Å². The lowest BCUT2D eigenvalue weighted by molar-refractivity contribution is 0.530. The number of benzene rings is 1. The van der Waals surface area contributed by atoms with Crippen molar-refractivity contribution in [2.45, 2.75) is 42.4 Å². The lowest BCUT2D eigenvalue weighted by atomic mass is 10.3. The molecule has 1 aromatic carbocycles. The fourth-order valence-corrected chi connectivity index (χ4v) is 4.99. The largest absolute Gasteiger partial charge is 0.396 e. The summed E-state index contributed by atoms with van der Waals surface area (Å²) in [5.41, 5.74) is 4.93. The van der Waals surface area contributed by atoms with Crippen LogP contribution in [0.2, 0.25) is 0 Å². The third kappa shape index (κ3) is 3.87. The van der Waals surface area contributed by atoms with Gasteiger partial charge < -0.3 is 5.73 Å². The summed E-state index contributed by atoms with van der Waals surface area (Å²) < 4.78 is 53.7. The number of anilines is 1. The van der Waals surface area contributed by atoms with Crippen LogP contribution in [0.15, 0.2) is 17.0 Å². The Bertz CT molecular complexity index is 623. The highest BCUT2D eigenvalue weighted by Gasteiger charge is 2.30. The van der Waals surface area contributed by atoms with Gasteiger partial charge in [0, 0.05) is 17.4 Å². The third-order valence-corrected chi connectivity index (χ3v) is 6.22.